The van der Waals surface area contributed by atoms with Crippen molar-refractivity contribution in [2.75, 3.05) is 59.7 Å². The fourth-order valence-electron chi connectivity index (χ4n) is 3.07. The highest BCUT2D eigenvalue weighted by atomic mass is 16.5. The van der Waals surface area contributed by atoms with Crippen LogP contribution >= 0.6 is 0 Å². The SMILES string of the molecule is CCCCOCCOCCNC(=NC)NCC1CCN(C2CC2)C1. The van der Waals surface area contributed by atoms with Gasteiger partial charge in [-0.05, 0) is 38.1 Å². The summed E-state index contributed by atoms with van der Waals surface area (Å²) >= 11 is 0. The van der Waals surface area contributed by atoms with Crippen molar-refractivity contribution >= 4 is 5.96 Å². The van der Waals surface area contributed by atoms with Crippen molar-refractivity contribution in [2.45, 2.75) is 45.1 Å². The predicted molar refractivity (Wildman–Crippen MR) is 98.6 cm³/mol. The summed E-state index contributed by atoms with van der Waals surface area (Å²) in [6, 6.07) is 0.899. The molecule has 1 atom stereocenters. The number of hydrogen-bond donors (Lipinski definition) is 2. The second-order valence-corrected chi connectivity index (χ2v) is 6.84. The van der Waals surface area contributed by atoms with Crippen LogP contribution in [0, 0.1) is 5.92 Å². The van der Waals surface area contributed by atoms with Crippen LogP contribution in [0.25, 0.3) is 0 Å². The van der Waals surface area contributed by atoms with Crippen LogP contribution in [0.15, 0.2) is 4.99 Å². The van der Waals surface area contributed by atoms with E-state index in [2.05, 4.69) is 27.4 Å². The molecule has 2 rings (SSSR count). The maximum absolute atomic E-state index is 5.56. The minimum absolute atomic E-state index is 0.663. The molecule has 2 aliphatic rings. The summed E-state index contributed by atoms with van der Waals surface area (Å²) in [7, 11) is 1.82. The van der Waals surface area contributed by atoms with Gasteiger partial charge in [-0.2, -0.15) is 0 Å². The van der Waals surface area contributed by atoms with E-state index in [9.17, 15) is 0 Å². The van der Waals surface area contributed by atoms with Gasteiger partial charge in [0.25, 0.3) is 0 Å². The summed E-state index contributed by atoms with van der Waals surface area (Å²) < 4.78 is 11.0. The predicted octanol–water partition coefficient (Wildman–Crippen LogP) is 1.47. The van der Waals surface area contributed by atoms with Crippen molar-refractivity contribution < 1.29 is 9.47 Å². The van der Waals surface area contributed by atoms with Crippen LogP contribution in [0.4, 0.5) is 0 Å². The second kappa shape index (κ2) is 11.7. The molecule has 1 saturated heterocycles. The zero-order chi connectivity index (χ0) is 17.0. The van der Waals surface area contributed by atoms with E-state index in [0.717, 1.165) is 44.0 Å². The smallest absolute Gasteiger partial charge is 0.191 e. The Morgan fingerprint density at radius 3 is 2.58 bits per heavy atom. The van der Waals surface area contributed by atoms with Gasteiger partial charge in [0.05, 0.1) is 19.8 Å². The number of hydrogen-bond acceptors (Lipinski definition) is 4. The van der Waals surface area contributed by atoms with Crippen molar-refractivity contribution in [3.63, 3.8) is 0 Å². The summed E-state index contributed by atoms with van der Waals surface area (Å²) in [6.07, 6.45) is 6.43. The molecule has 1 unspecified atom stereocenters. The Morgan fingerprint density at radius 1 is 1.08 bits per heavy atom. The highest BCUT2D eigenvalue weighted by Crippen LogP contribution is 2.31. The summed E-state index contributed by atoms with van der Waals surface area (Å²) in [5.74, 6) is 1.63. The van der Waals surface area contributed by atoms with Crippen LogP contribution in [0.2, 0.25) is 0 Å². The van der Waals surface area contributed by atoms with E-state index in [-0.39, 0.29) is 0 Å². The third-order valence-electron chi connectivity index (χ3n) is 4.72. The van der Waals surface area contributed by atoms with Gasteiger partial charge < -0.3 is 25.0 Å². The Balaban J connectivity index is 1.43. The number of guanidine groups is 1. The number of unbranched alkanes of at least 4 members (excludes halogenated alkanes) is 1. The largest absolute Gasteiger partial charge is 0.379 e. The first-order chi connectivity index (χ1) is 11.8. The first kappa shape index (κ1) is 19.5. The van der Waals surface area contributed by atoms with E-state index in [0.29, 0.717) is 19.8 Å². The molecule has 6 nitrogen and oxygen atoms in total. The van der Waals surface area contributed by atoms with E-state index in [4.69, 9.17) is 9.47 Å². The zero-order valence-corrected chi connectivity index (χ0v) is 15.6. The molecule has 0 aromatic heterocycles. The quantitative estimate of drug-likeness (QED) is 0.320. The number of rotatable bonds is 12. The molecule has 1 heterocycles. The molecule has 0 aromatic rings. The molecule has 0 spiro atoms. The van der Waals surface area contributed by atoms with Crippen molar-refractivity contribution in [2.24, 2.45) is 10.9 Å². The van der Waals surface area contributed by atoms with E-state index >= 15 is 0 Å². The lowest BCUT2D eigenvalue weighted by Crippen LogP contribution is -2.41. The van der Waals surface area contributed by atoms with E-state index in [1.807, 2.05) is 7.05 Å². The van der Waals surface area contributed by atoms with Gasteiger partial charge in [-0.3, -0.25) is 4.99 Å². The Kier molecular flexibility index (Phi) is 9.46. The fraction of sp³-hybridized carbons (Fsp3) is 0.944. The third-order valence-corrected chi connectivity index (χ3v) is 4.72. The number of ether oxygens (including phenoxy) is 2. The van der Waals surface area contributed by atoms with Gasteiger partial charge in [-0.25, -0.2) is 0 Å². The zero-order valence-electron chi connectivity index (χ0n) is 15.6. The summed E-state index contributed by atoms with van der Waals surface area (Å²) in [6.45, 7) is 9.34. The molecular formula is C18H36N4O2. The van der Waals surface area contributed by atoms with Crippen LogP contribution < -0.4 is 10.6 Å². The average molecular weight is 341 g/mol. The molecule has 140 valence electrons. The molecule has 0 radical (unpaired) electrons. The van der Waals surface area contributed by atoms with Crippen molar-refractivity contribution in [3.8, 4) is 0 Å². The van der Waals surface area contributed by atoms with Crippen molar-refractivity contribution in [1.82, 2.24) is 15.5 Å². The average Bonchev–Trinajstić information content (AvgIpc) is 3.35. The van der Waals surface area contributed by atoms with Crippen molar-refractivity contribution in [1.29, 1.82) is 0 Å². The van der Waals surface area contributed by atoms with E-state index in [1.165, 1.54) is 38.8 Å². The monoisotopic (exact) mass is 340 g/mol. The lowest BCUT2D eigenvalue weighted by atomic mass is 10.1. The molecule has 0 aromatic carbocycles. The Morgan fingerprint density at radius 2 is 1.88 bits per heavy atom. The Hall–Kier alpha value is -0.850. The van der Waals surface area contributed by atoms with Gasteiger partial charge in [-0.15, -0.1) is 0 Å². The van der Waals surface area contributed by atoms with Gasteiger partial charge in [0.1, 0.15) is 0 Å². The molecule has 1 saturated carbocycles. The molecule has 2 N–H and O–H groups in total. The number of nitrogens with zero attached hydrogens (tertiary/aromatic N) is 2. The first-order valence-electron chi connectivity index (χ1n) is 9.67. The lowest BCUT2D eigenvalue weighted by Gasteiger charge is -2.17. The maximum Gasteiger partial charge on any atom is 0.191 e. The minimum Gasteiger partial charge on any atom is -0.379 e. The normalized spacial score (nSPS) is 22.1. The number of likely N-dealkylation sites (tertiary alicyclic amines) is 1. The number of nitrogens with one attached hydrogen (secondary N) is 2. The molecular weight excluding hydrogens is 304 g/mol. The van der Waals surface area contributed by atoms with Crippen molar-refractivity contribution in [3.05, 3.63) is 0 Å². The topological polar surface area (TPSA) is 58.1 Å². The fourth-order valence-corrected chi connectivity index (χ4v) is 3.07. The first-order valence-corrected chi connectivity index (χ1v) is 9.67. The van der Waals surface area contributed by atoms with Crippen LogP contribution in [0.5, 0.6) is 0 Å². The third kappa shape index (κ3) is 7.81. The summed E-state index contributed by atoms with van der Waals surface area (Å²) in [5.41, 5.74) is 0. The van der Waals surface area contributed by atoms with Crippen LogP contribution in [0.3, 0.4) is 0 Å². The molecule has 0 amide bonds. The van der Waals surface area contributed by atoms with Gasteiger partial charge >= 0.3 is 0 Å². The highest BCUT2D eigenvalue weighted by Gasteiger charge is 2.34. The van der Waals surface area contributed by atoms with E-state index in [1.54, 1.807) is 0 Å². The van der Waals surface area contributed by atoms with Gasteiger partial charge in [0.15, 0.2) is 5.96 Å². The molecule has 1 aliphatic carbocycles. The molecule has 24 heavy (non-hydrogen) atoms. The molecule has 2 fully saturated rings. The molecule has 0 bridgehead atoms. The Labute approximate surface area is 147 Å². The van der Waals surface area contributed by atoms with Gasteiger partial charge in [-0.1, -0.05) is 13.3 Å². The number of aliphatic imine (C=N–C) groups is 1. The van der Waals surface area contributed by atoms with Gasteiger partial charge in [0.2, 0.25) is 0 Å². The summed E-state index contributed by atoms with van der Waals surface area (Å²) in [5, 5.41) is 6.76. The second-order valence-electron chi connectivity index (χ2n) is 6.84. The maximum atomic E-state index is 5.56. The van der Waals surface area contributed by atoms with Crippen LogP contribution in [-0.4, -0.2) is 76.6 Å². The van der Waals surface area contributed by atoms with E-state index < -0.39 is 0 Å². The molecule has 6 heteroatoms. The lowest BCUT2D eigenvalue weighted by molar-refractivity contribution is 0.0487. The molecule has 1 aliphatic heterocycles. The van der Waals surface area contributed by atoms with Gasteiger partial charge in [0, 0.05) is 39.3 Å². The standard InChI is InChI=1S/C18H36N4O2/c1-3-4-10-23-12-13-24-11-8-20-18(19-2)21-14-16-7-9-22(15-16)17-5-6-17/h16-17H,3-15H2,1-2H3,(H2,19,20,21). The highest BCUT2D eigenvalue weighted by molar-refractivity contribution is 5.79. The minimum atomic E-state index is 0.663. The summed E-state index contributed by atoms with van der Waals surface area (Å²) in [4.78, 5) is 6.94. The van der Waals surface area contributed by atoms with Crippen LogP contribution in [-0.2, 0) is 9.47 Å². The Bertz CT molecular complexity index is 361. The van der Waals surface area contributed by atoms with Crippen LogP contribution in [0.1, 0.15) is 39.0 Å².